The molecule has 0 spiro atoms. The van der Waals surface area contributed by atoms with E-state index >= 15 is 0 Å². The van der Waals surface area contributed by atoms with Gasteiger partial charge in [0.2, 0.25) is 0 Å². The van der Waals surface area contributed by atoms with Crippen LogP contribution < -0.4 is 0 Å². The molecule has 0 aliphatic heterocycles. The fourth-order valence-corrected chi connectivity index (χ4v) is 3.48. The van der Waals surface area contributed by atoms with E-state index in [1.165, 1.54) is 21.0 Å². The van der Waals surface area contributed by atoms with Gasteiger partial charge in [0, 0.05) is 11.0 Å². The highest BCUT2D eigenvalue weighted by Crippen LogP contribution is 2.72. The summed E-state index contributed by atoms with van der Waals surface area (Å²) in [6.07, 6.45) is 1.81. The zero-order valence-corrected chi connectivity index (χ0v) is 11.0. The molecule has 0 N–H and O–H groups in total. The Kier molecular flexibility index (Phi) is 2.72. The van der Waals surface area contributed by atoms with E-state index in [2.05, 4.69) is 6.58 Å². The number of hydrogen-bond acceptors (Lipinski definition) is 4. The maximum absolute atomic E-state index is 11.8. The van der Waals surface area contributed by atoms with Crippen molar-refractivity contribution >= 4 is 17.5 Å². The Morgan fingerprint density at radius 3 is 2.11 bits per heavy atom. The number of methoxy groups -OCH3 is 1. The van der Waals surface area contributed by atoms with Gasteiger partial charge in [0.05, 0.1) is 12.5 Å². The third kappa shape index (κ3) is 1.48. The second-order valence-electron chi connectivity index (χ2n) is 5.60. The zero-order chi connectivity index (χ0) is 13.7. The van der Waals surface area contributed by atoms with Gasteiger partial charge in [-0.2, -0.15) is 0 Å². The van der Waals surface area contributed by atoms with Crippen molar-refractivity contribution in [1.82, 2.24) is 0 Å². The van der Waals surface area contributed by atoms with E-state index in [-0.39, 0.29) is 22.9 Å². The molecule has 4 nitrogen and oxygen atoms in total. The maximum Gasteiger partial charge on any atom is 0.333 e. The monoisotopic (exact) mass is 250 g/mol. The van der Waals surface area contributed by atoms with E-state index in [1.807, 2.05) is 0 Å². The Hall–Kier alpha value is -1.45. The molecule has 98 valence electrons. The third-order valence-electron chi connectivity index (χ3n) is 4.82. The van der Waals surface area contributed by atoms with Crippen molar-refractivity contribution in [2.75, 3.05) is 7.11 Å². The third-order valence-corrected chi connectivity index (χ3v) is 4.82. The molecule has 0 aromatic rings. The van der Waals surface area contributed by atoms with Gasteiger partial charge in [-0.15, -0.1) is 0 Å². The molecule has 2 aliphatic rings. The molecule has 2 atom stereocenters. The van der Waals surface area contributed by atoms with Gasteiger partial charge in [-0.3, -0.25) is 9.59 Å². The second kappa shape index (κ2) is 3.77. The molecule has 2 aliphatic carbocycles. The molecule has 0 aromatic carbocycles. The number of ether oxygens (including phenoxy) is 1. The lowest BCUT2D eigenvalue weighted by molar-refractivity contribution is -0.140. The number of fused-ring (bicyclic) bond motifs is 1. The number of ketones is 2. The van der Waals surface area contributed by atoms with Crippen LogP contribution in [-0.2, 0) is 19.1 Å². The smallest absolute Gasteiger partial charge is 0.333 e. The van der Waals surface area contributed by atoms with E-state index in [9.17, 15) is 14.4 Å². The van der Waals surface area contributed by atoms with Gasteiger partial charge in [0.25, 0.3) is 0 Å². The summed E-state index contributed by atoms with van der Waals surface area (Å²) in [6, 6.07) is 0. The van der Waals surface area contributed by atoms with Crippen molar-refractivity contribution in [3.05, 3.63) is 12.2 Å². The molecular weight excluding hydrogens is 232 g/mol. The highest BCUT2D eigenvalue weighted by Gasteiger charge is 2.70. The molecule has 0 heterocycles. The summed E-state index contributed by atoms with van der Waals surface area (Å²) >= 11 is 0. The summed E-state index contributed by atoms with van der Waals surface area (Å²) in [5.41, 5.74) is -0.857. The first-order chi connectivity index (χ1) is 8.30. The summed E-state index contributed by atoms with van der Waals surface area (Å²) in [7, 11) is 1.32. The Morgan fingerprint density at radius 1 is 1.17 bits per heavy atom. The van der Waals surface area contributed by atoms with Crippen molar-refractivity contribution in [2.24, 2.45) is 16.7 Å². The Morgan fingerprint density at radius 2 is 1.72 bits per heavy atom. The van der Waals surface area contributed by atoms with E-state index in [0.29, 0.717) is 18.4 Å². The lowest BCUT2D eigenvalue weighted by atomic mass is 9.73. The van der Waals surface area contributed by atoms with Crippen molar-refractivity contribution in [2.45, 2.75) is 33.1 Å². The number of esters is 1. The summed E-state index contributed by atoms with van der Waals surface area (Å²) in [6.45, 7) is 6.73. The van der Waals surface area contributed by atoms with Gasteiger partial charge in [-0.05, 0) is 39.0 Å². The van der Waals surface area contributed by atoms with Crippen LogP contribution >= 0.6 is 0 Å². The van der Waals surface area contributed by atoms with Gasteiger partial charge < -0.3 is 4.74 Å². The normalized spacial score (nSPS) is 31.4. The molecule has 2 fully saturated rings. The van der Waals surface area contributed by atoms with Crippen LogP contribution in [0.1, 0.15) is 33.1 Å². The summed E-state index contributed by atoms with van der Waals surface area (Å²) in [4.78, 5) is 35.2. The quantitative estimate of drug-likeness (QED) is 0.432. The number of Topliss-reactive ketones (excluding diaryl/α,β-unsaturated/α-hetero) is 2. The van der Waals surface area contributed by atoms with Crippen LogP contribution in [-0.4, -0.2) is 24.6 Å². The SMILES string of the molecule is C=C(C(=O)OC)C12CC1CC(C(C)=O)(C(C)=O)C2. The first-order valence-electron chi connectivity index (χ1n) is 6.10. The number of hydrogen-bond donors (Lipinski definition) is 0. The first kappa shape index (κ1) is 13.0. The van der Waals surface area contributed by atoms with Gasteiger partial charge >= 0.3 is 5.97 Å². The maximum atomic E-state index is 11.8. The van der Waals surface area contributed by atoms with Gasteiger partial charge in [-0.1, -0.05) is 6.58 Å². The number of carbonyl (C=O) groups is 3. The minimum Gasteiger partial charge on any atom is -0.466 e. The van der Waals surface area contributed by atoms with Crippen LogP contribution in [0.4, 0.5) is 0 Å². The molecule has 0 radical (unpaired) electrons. The summed E-state index contributed by atoms with van der Waals surface area (Å²) in [5, 5.41) is 0. The van der Waals surface area contributed by atoms with Crippen molar-refractivity contribution < 1.29 is 19.1 Å². The standard InChI is InChI=1S/C14H18O4/c1-8(12(17)18-4)13-5-11(13)6-14(7-13,9(2)15)10(3)16/h11H,1,5-7H2,2-4H3. The molecule has 2 unspecified atom stereocenters. The van der Waals surface area contributed by atoms with Crippen LogP contribution in [0, 0.1) is 16.7 Å². The predicted octanol–water partition coefficient (Wildman–Crippen LogP) is 1.68. The molecule has 2 saturated carbocycles. The molecule has 0 amide bonds. The molecule has 0 saturated heterocycles. The largest absolute Gasteiger partial charge is 0.466 e. The lowest BCUT2D eigenvalue weighted by Gasteiger charge is -2.27. The molecule has 0 aromatic heterocycles. The van der Waals surface area contributed by atoms with Crippen molar-refractivity contribution in [3.8, 4) is 0 Å². The van der Waals surface area contributed by atoms with Crippen LogP contribution in [0.2, 0.25) is 0 Å². The average molecular weight is 250 g/mol. The number of carbonyl (C=O) groups excluding carboxylic acids is 3. The van der Waals surface area contributed by atoms with Gasteiger partial charge in [0.1, 0.15) is 11.6 Å². The Labute approximate surface area is 106 Å². The molecule has 0 bridgehead atoms. The van der Waals surface area contributed by atoms with Crippen LogP contribution in [0.5, 0.6) is 0 Å². The van der Waals surface area contributed by atoms with E-state index in [0.717, 1.165) is 6.42 Å². The topological polar surface area (TPSA) is 60.4 Å². The minimum absolute atomic E-state index is 0.0979. The van der Waals surface area contributed by atoms with Crippen LogP contribution in [0.25, 0.3) is 0 Å². The minimum atomic E-state index is -0.903. The van der Waals surface area contributed by atoms with E-state index < -0.39 is 11.4 Å². The predicted molar refractivity (Wildman–Crippen MR) is 64.7 cm³/mol. The van der Waals surface area contributed by atoms with Gasteiger partial charge in [0.15, 0.2) is 0 Å². The Bertz CT molecular complexity index is 448. The first-order valence-corrected chi connectivity index (χ1v) is 6.10. The highest BCUT2D eigenvalue weighted by molar-refractivity contribution is 6.06. The summed E-state index contributed by atoms with van der Waals surface area (Å²) in [5.74, 6) is -0.407. The molecule has 2 rings (SSSR count). The van der Waals surface area contributed by atoms with E-state index in [4.69, 9.17) is 4.74 Å². The highest BCUT2D eigenvalue weighted by atomic mass is 16.5. The van der Waals surface area contributed by atoms with Crippen molar-refractivity contribution in [1.29, 1.82) is 0 Å². The Balaban J connectivity index is 2.28. The number of rotatable bonds is 4. The zero-order valence-electron chi connectivity index (χ0n) is 11.0. The fraction of sp³-hybridized carbons (Fsp3) is 0.643. The summed E-state index contributed by atoms with van der Waals surface area (Å²) < 4.78 is 4.70. The van der Waals surface area contributed by atoms with Crippen molar-refractivity contribution in [3.63, 3.8) is 0 Å². The van der Waals surface area contributed by atoms with Gasteiger partial charge in [-0.25, -0.2) is 4.79 Å². The second-order valence-corrected chi connectivity index (χ2v) is 5.60. The van der Waals surface area contributed by atoms with Crippen LogP contribution in [0.15, 0.2) is 12.2 Å². The van der Waals surface area contributed by atoms with E-state index in [1.54, 1.807) is 0 Å². The molecule has 4 heteroatoms. The van der Waals surface area contributed by atoms with Crippen LogP contribution in [0.3, 0.4) is 0 Å². The average Bonchev–Trinajstić information content (AvgIpc) is 2.90. The molecule has 18 heavy (non-hydrogen) atoms. The molecular formula is C14H18O4. The lowest BCUT2D eigenvalue weighted by Crippen LogP contribution is -2.36. The fourth-order valence-electron chi connectivity index (χ4n) is 3.48.